The molecule has 0 bridgehead atoms. The van der Waals surface area contributed by atoms with Crippen LogP contribution in [0.3, 0.4) is 0 Å². The summed E-state index contributed by atoms with van der Waals surface area (Å²) >= 11 is 0. The Morgan fingerprint density at radius 1 is 0.882 bits per heavy atom. The summed E-state index contributed by atoms with van der Waals surface area (Å²) in [6.07, 6.45) is 19.2. The van der Waals surface area contributed by atoms with Gasteiger partial charge in [-0.05, 0) is 25.2 Å². The highest BCUT2D eigenvalue weighted by Gasteiger charge is 2.39. The Balaban J connectivity index is 2.25. The normalized spacial score (nSPS) is 17.4. The van der Waals surface area contributed by atoms with Crippen LogP contribution in [-0.2, 0) is 19.1 Å². The van der Waals surface area contributed by atoms with Crippen molar-refractivity contribution in [3.8, 4) is 0 Å². The van der Waals surface area contributed by atoms with E-state index in [1.807, 2.05) is 13.8 Å². The highest BCUT2D eigenvalue weighted by Crippen LogP contribution is 2.22. The first-order chi connectivity index (χ1) is 16.5. The summed E-state index contributed by atoms with van der Waals surface area (Å²) in [4.78, 5) is 39.5. The molecule has 0 aliphatic carbocycles. The van der Waals surface area contributed by atoms with Crippen molar-refractivity contribution in [2.24, 2.45) is 5.92 Å². The summed E-state index contributed by atoms with van der Waals surface area (Å²) in [5, 5.41) is 2.98. The van der Waals surface area contributed by atoms with E-state index in [0.717, 1.165) is 25.7 Å². The maximum atomic E-state index is 13.2. The zero-order valence-corrected chi connectivity index (χ0v) is 22.5. The van der Waals surface area contributed by atoms with E-state index in [1.54, 1.807) is 4.90 Å². The summed E-state index contributed by atoms with van der Waals surface area (Å²) in [7, 11) is 1.35. The van der Waals surface area contributed by atoms with Gasteiger partial charge in [0.05, 0.1) is 7.11 Å². The number of methoxy groups -OCH3 is 1. The number of unbranched alkanes of at least 4 members (excludes halogenated alkanes) is 12. The molecule has 1 N–H and O–H groups in total. The number of rotatable bonds is 19. The molecule has 1 fully saturated rings. The van der Waals surface area contributed by atoms with Gasteiger partial charge in [0.1, 0.15) is 12.1 Å². The largest absolute Gasteiger partial charge is 0.467 e. The highest BCUT2D eigenvalue weighted by molar-refractivity contribution is 5.91. The number of carbonyl (C=O) groups excluding carboxylic acids is 3. The van der Waals surface area contributed by atoms with Crippen molar-refractivity contribution in [3.05, 3.63) is 0 Å². The van der Waals surface area contributed by atoms with Crippen molar-refractivity contribution >= 4 is 17.8 Å². The van der Waals surface area contributed by atoms with Crippen LogP contribution in [0.25, 0.3) is 0 Å². The average molecular weight is 481 g/mol. The van der Waals surface area contributed by atoms with Gasteiger partial charge in [0.25, 0.3) is 0 Å². The molecule has 0 aromatic carbocycles. The molecule has 1 aliphatic heterocycles. The molecule has 1 saturated heterocycles. The highest BCUT2D eigenvalue weighted by atomic mass is 16.5. The average Bonchev–Trinajstić information content (AvgIpc) is 3.34. The molecule has 1 aliphatic rings. The van der Waals surface area contributed by atoms with Gasteiger partial charge in [0, 0.05) is 13.0 Å². The summed E-state index contributed by atoms with van der Waals surface area (Å²) in [5.41, 5.74) is 0. The van der Waals surface area contributed by atoms with Crippen LogP contribution in [0.5, 0.6) is 0 Å². The lowest BCUT2D eigenvalue weighted by Gasteiger charge is -2.30. The number of nitrogens with one attached hydrogen (secondary N) is 1. The van der Waals surface area contributed by atoms with Crippen molar-refractivity contribution in [2.75, 3.05) is 13.7 Å². The van der Waals surface area contributed by atoms with E-state index in [1.165, 1.54) is 77.7 Å². The lowest BCUT2D eigenvalue weighted by molar-refractivity contribution is -0.152. The second kappa shape index (κ2) is 18.7. The first-order valence-electron chi connectivity index (χ1n) is 14.1. The molecule has 6 nitrogen and oxygen atoms in total. The number of likely N-dealkylation sites (tertiary alicyclic amines) is 1. The van der Waals surface area contributed by atoms with E-state index in [9.17, 15) is 14.4 Å². The fourth-order valence-corrected chi connectivity index (χ4v) is 4.82. The van der Waals surface area contributed by atoms with Gasteiger partial charge in [-0.2, -0.15) is 0 Å². The standard InChI is InChI=1S/C28H52N2O4/c1-5-7-8-9-10-11-12-13-14-15-16-17-18-21-25(31)29-26(23(3)6-2)27(32)30-22-19-20-24(30)28(33)34-4/h23-24,26H,5-22H2,1-4H3,(H,29,31)/t23-,24+,26+/m1/s1. The fourth-order valence-electron chi connectivity index (χ4n) is 4.82. The molecule has 198 valence electrons. The Bertz CT molecular complexity index is 581. The minimum atomic E-state index is -0.579. The molecule has 6 heteroatoms. The van der Waals surface area contributed by atoms with Crippen LogP contribution in [0.4, 0.5) is 0 Å². The fraction of sp³-hybridized carbons (Fsp3) is 0.893. The molecular weight excluding hydrogens is 428 g/mol. The minimum absolute atomic E-state index is 0.0157. The molecule has 2 amide bonds. The second-order valence-electron chi connectivity index (χ2n) is 10.1. The molecule has 3 atom stereocenters. The minimum Gasteiger partial charge on any atom is -0.467 e. The van der Waals surface area contributed by atoms with Gasteiger partial charge in [-0.25, -0.2) is 4.79 Å². The van der Waals surface area contributed by atoms with Crippen LogP contribution < -0.4 is 5.32 Å². The number of hydrogen-bond acceptors (Lipinski definition) is 4. The van der Waals surface area contributed by atoms with E-state index in [0.29, 0.717) is 19.4 Å². The maximum Gasteiger partial charge on any atom is 0.328 e. The predicted molar refractivity (Wildman–Crippen MR) is 138 cm³/mol. The molecule has 0 aromatic heterocycles. The SMILES string of the molecule is CCCCCCCCCCCCCCCC(=O)N[C@H](C(=O)N1CCC[C@H]1C(=O)OC)[C@H](C)CC. The third-order valence-corrected chi connectivity index (χ3v) is 7.31. The Morgan fingerprint density at radius 2 is 1.41 bits per heavy atom. The Hall–Kier alpha value is -1.59. The molecule has 0 saturated carbocycles. The lowest BCUT2D eigenvalue weighted by atomic mass is 9.97. The summed E-state index contributed by atoms with van der Waals surface area (Å²) in [5.74, 6) is -0.564. The van der Waals surface area contributed by atoms with Crippen molar-refractivity contribution in [1.82, 2.24) is 10.2 Å². The van der Waals surface area contributed by atoms with E-state index >= 15 is 0 Å². The summed E-state index contributed by atoms with van der Waals surface area (Å²) in [6.45, 7) is 6.80. The summed E-state index contributed by atoms with van der Waals surface area (Å²) < 4.78 is 4.87. The number of nitrogens with zero attached hydrogens (tertiary/aromatic N) is 1. The van der Waals surface area contributed by atoms with Gasteiger partial charge >= 0.3 is 5.97 Å². The van der Waals surface area contributed by atoms with Crippen molar-refractivity contribution < 1.29 is 19.1 Å². The first-order valence-corrected chi connectivity index (χ1v) is 14.1. The molecule has 0 radical (unpaired) electrons. The number of ether oxygens (including phenoxy) is 1. The van der Waals surface area contributed by atoms with Crippen LogP contribution in [-0.4, -0.2) is 48.4 Å². The molecule has 34 heavy (non-hydrogen) atoms. The lowest BCUT2D eigenvalue weighted by Crippen LogP contribution is -2.54. The maximum absolute atomic E-state index is 13.2. The van der Waals surface area contributed by atoms with Gasteiger partial charge in [0.2, 0.25) is 11.8 Å². The second-order valence-corrected chi connectivity index (χ2v) is 10.1. The molecule has 0 unspecified atom stereocenters. The Labute approximate surface area is 208 Å². The van der Waals surface area contributed by atoms with E-state index in [2.05, 4.69) is 12.2 Å². The molecule has 0 aromatic rings. The number of amides is 2. The van der Waals surface area contributed by atoms with Crippen LogP contribution in [0.1, 0.15) is 130 Å². The monoisotopic (exact) mass is 480 g/mol. The van der Waals surface area contributed by atoms with Gasteiger partial charge < -0.3 is 15.0 Å². The third kappa shape index (κ3) is 11.7. The van der Waals surface area contributed by atoms with E-state index < -0.39 is 12.1 Å². The number of hydrogen-bond donors (Lipinski definition) is 1. The zero-order valence-electron chi connectivity index (χ0n) is 22.5. The number of esters is 1. The smallest absolute Gasteiger partial charge is 0.328 e. The van der Waals surface area contributed by atoms with Gasteiger partial charge in [-0.15, -0.1) is 0 Å². The molecule has 1 rings (SSSR count). The van der Waals surface area contributed by atoms with E-state index in [-0.39, 0.29) is 23.7 Å². The molecule has 1 heterocycles. The van der Waals surface area contributed by atoms with Gasteiger partial charge in [-0.3, -0.25) is 9.59 Å². The Kier molecular flexibility index (Phi) is 16.7. The summed E-state index contributed by atoms with van der Waals surface area (Å²) in [6, 6.07) is -1.10. The van der Waals surface area contributed by atoms with Crippen LogP contribution in [0.2, 0.25) is 0 Å². The quantitative estimate of drug-likeness (QED) is 0.177. The van der Waals surface area contributed by atoms with Crippen LogP contribution >= 0.6 is 0 Å². The molecule has 0 spiro atoms. The third-order valence-electron chi connectivity index (χ3n) is 7.31. The Morgan fingerprint density at radius 3 is 1.91 bits per heavy atom. The number of carbonyl (C=O) groups is 3. The van der Waals surface area contributed by atoms with E-state index in [4.69, 9.17) is 4.74 Å². The molecular formula is C28H52N2O4. The van der Waals surface area contributed by atoms with Crippen molar-refractivity contribution in [3.63, 3.8) is 0 Å². The van der Waals surface area contributed by atoms with Gasteiger partial charge in [-0.1, -0.05) is 104 Å². The van der Waals surface area contributed by atoms with Crippen LogP contribution in [0, 0.1) is 5.92 Å². The zero-order chi connectivity index (χ0) is 25.2. The van der Waals surface area contributed by atoms with Crippen molar-refractivity contribution in [2.45, 2.75) is 142 Å². The predicted octanol–water partition coefficient (Wildman–Crippen LogP) is 6.16. The topological polar surface area (TPSA) is 75.7 Å². The van der Waals surface area contributed by atoms with Crippen molar-refractivity contribution in [1.29, 1.82) is 0 Å². The van der Waals surface area contributed by atoms with Crippen LogP contribution in [0.15, 0.2) is 0 Å². The first kappa shape index (κ1) is 30.4. The van der Waals surface area contributed by atoms with Gasteiger partial charge in [0.15, 0.2) is 0 Å².